The molecule has 4 heteroatoms. The monoisotopic (exact) mass is 227 g/mol. The average Bonchev–Trinajstić information content (AvgIpc) is 2.21. The van der Waals surface area contributed by atoms with Gasteiger partial charge in [-0.3, -0.25) is 4.79 Å². The predicted molar refractivity (Wildman–Crippen MR) is 60.1 cm³/mol. The van der Waals surface area contributed by atoms with E-state index in [4.69, 9.17) is 16.7 Å². The molecule has 0 fully saturated rings. The molecule has 3 nitrogen and oxygen atoms in total. The summed E-state index contributed by atoms with van der Waals surface area (Å²) in [4.78, 5) is 10.9. The van der Waals surface area contributed by atoms with E-state index in [1.54, 1.807) is 26.1 Å². The second-order valence-corrected chi connectivity index (χ2v) is 3.88. The first kappa shape index (κ1) is 12.0. The van der Waals surface area contributed by atoms with Gasteiger partial charge in [-0.15, -0.1) is 0 Å². The lowest BCUT2D eigenvalue weighted by Crippen LogP contribution is -2.28. The van der Waals surface area contributed by atoms with Crippen LogP contribution in [0.15, 0.2) is 24.3 Å². The molecule has 2 atom stereocenters. The van der Waals surface area contributed by atoms with Crippen molar-refractivity contribution in [1.29, 1.82) is 0 Å². The minimum Gasteiger partial charge on any atom is -0.481 e. The number of aliphatic carboxylic acids is 1. The Bertz CT molecular complexity index is 337. The zero-order valence-corrected chi connectivity index (χ0v) is 9.45. The molecule has 0 amide bonds. The Morgan fingerprint density at radius 1 is 1.40 bits per heavy atom. The third-order valence-corrected chi connectivity index (χ3v) is 2.68. The van der Waals surface area contributed by atoms with E-state index in [0.717, 1.165) is 5.56 Å². The zero-order chi connectivity index (χ0) is 11.4. The number of hydrogen-bond acceptors (Lipinski definition) is 2. The van der Waals surface area contributed by atoms with Crippen LogP contribution >= 0.6 is 11.6 Å². The van der Waals surface area contributed by atoms with Crippen LogP contribution in [0.4, 0.5) is 0 Å². The molecule has 0 radical (unpaired) electrons. The van der Waals surface area contributed by atoms with Gasteiger partial charge < -0.3 is 10.4 Å². The predicted octanol–water partition coefficient (Wildman–Crippen LogP) is 2.32. The van der Waals surface area contributed by atoms with Crippen LogP contribution in [-0.2, 0) is 4.79 Å². The molecule has 15 heavy (non-hydrogen) atoms. The zero-order valence-electron chi connectivity index (χ0n) is 8.70. The van der Waals surface area contributed by atoms with Crippen LogP contribution < -0.4 is 5.32 Å². The van der Waals surface area contributed by atoms with Crippen LogP contribution in [0.2, 0.25) is 5.02 Å². The Morgan fingerprint density at radius 3 is 2.33 bits per heavy atom. The highest BCUT2D eigenvalue weighted by Gasteiger charge is 2.23. The van der Waals surface area contributed by atoms with Crippen LogP contribution in [-0.4, -0.2) is 18.1 Å². The number of rotatable bonds is 4. The summed E-state index contributed by atoms with van der Waals surface area (Å²) in [6, 6.07) is 7.00. The maximum Gasteiger partial charge on any atom is 0.308 e. The summed E-state index contributed by atoms with van der Waals surface area (Å²) in [7, 11) is 1.75. The summed E-state index contributed by atoms with van der Waals surface area (Å²) in [5.41, 5.74) is 0.928. The molecule has 2 unspecified atom stereocenters. The van der Waals surface area contributed by atoms with Gasteiger partial charge in [-0.1, -0.05) is 30.7 Å². The van der Waals surface area contributed by atoms with Crippen molar-refractivity contribution in [3.8, 4) is 0 Å². The third-order valence-electron chi connectivity index (χ3n) is 2.43. The van der Waals surface area contributed by atoms with Gasteiger partial charge in [0.1, 0.15) is 0 Å². The van der Waals surface area contributed by atoms with Crippen LogP contribution in [0.25, 0.3) is 0 Å². The van der Waals surface area contributed by atoms with Gasteiger partial charge in [0.15, 0.2) is 0 Å². The Morgan fingerprint density at radius 2 is 1.93 bits per heavy atom. The van der Waals surface area contributed by atoms with Gasteiger partial charge in [-0.25, -0.2) is 0 Å². The number of nitrogens with one attached hydrogen (secondary N) is 1. The summed E-state index contributed by atoms with van der Waals surface area (Å²) < 4.78 is 0. The smallest absolute Gasteiger partial charge is 0.308 e. The lowest BCUT2D eigenvalue weighted by molar-refractivity contribution is -0.142. The van der Waals surface area contributed by atoms with Crippen molar-refractivity contribution in [1.82, 2.24) is 5.32 Å². The van der Waals surface area contributed by atoms with Crippen molar-refractivity contribution in [3.63, 3.8) is 0 Å². The van der Waals surface area contributed by atoms with Crippen LogP contribution in [0.3, 0.4) is 0 Å². The molecule has 1 rings (SSSR count). The van der Waals surface area contributed by atoms with E-state index < -0.39 is 11.9 Å². The lowest BCUT2D eigenvalue weighted by atomic mass is 9.95. The number of carboxylic acids is 1. The normalized spacial score (nSPS) is 14.6. The van der Waals surface area contributed by atoms with Gasteiger partial charge in [0, 0.05) is 11.1 Å². The van der Waals surface area contributed by atoms with E-state index in [-0.39, 0.29) is 6.04 Å². The van der Waals surface area contributed by atoms with Gasteiger partial charge in [-0.2, -0.15) is 0 Å². The maximum absolute atomic E-state index is 10.9. The SMILES string of the molecule is CNC(c1ccc(Cl)cc1)C(C)C(=O)O. The van der Waals surface area contributed by atoms with Gasteiger partial charge in [0.25, 0.3) is 0 Å². The second kappa shape index (κ2) is 5.14. The molecule has 0 aliphatic rings. The highest BCUT2D eigenvalue weighted by molar-refractivity contribution is 6.30. The van der Waals surface area contributed by atoms with Crippen molar-refractivity contribution in [2.75, 3.05) is 7.05 Å². The van der Waals surface area contributed by atoms with Crippen LogP contribution in [0.5, 0.6) is 0 Å². The molecule has 0 aliphatic carbocycles. The standard InChI is InChI=1S/C11H14ClNO2/c1-7(11(14)15)10(13-2)8-3-5-9(12)6-4-8/h3-7,10,13H,1-2H3,(H,14,15). The van der Waals surface area contributed by atoms with Crippen LogP contribution in [0.1, 0.15) is 18.5 Å². The van der Waals surface area contributed by atoms with E-state index in [2.05, 4.69) is 5.32 Å². The molecule has 0 saturated carbocycles. The number of carbonyl (C=O) groups is 1. The van der Waals surface area contributed by atoms with Gasteiger partial charge in [-0.05, 0) is 24.7 Å². The Kier molecular flexibility index (Phi) is 4.12. The fraction of sp³-hybridized carbons (Fsp3) is 0.364. The van der Waals surface area contributed by atoms with Crippen molar-refractivity contribution in [2.45, 2.75) is 13.0 Å². The molecular weight excluding hydrogens is 214 g/mol. The minimum atomic E-state index is -0.815. The maximum atomic E-state index is 10.9. The number of benzene rings is 1. The van der Waals surface area contributed by atoms with Crippen molar-refractivity contribution >= 4 is 17.6 Å². The molecule has 1 aromatic carbocycles. The minimum absolute atomic E-state index is 0.195. The van der Waals surface area contributed by atoms with E-state index in [1.807, 2.05) is 12.1 Å². The molecule has 82 valence electrons. The van der Waals surface area contributed by atoms with Gasteiger partial charge >= 0.3 is 5.97 Å². The van der Waals surface area contributed by atoms with Crippen molar-refractivity contribution in [3.05, 3.63) is 34.9 Å². The number of carboxylic acid groups (broad SMARTS) is 1. The molecule has 1 aromatic rings. The molecule has 0 heterocycles. The lowest BCUT2D eigenvalue weighted by Gasteiger charge is -2.20. The first-order valence-corrected chi connectivity index (χ1v) is 5.09. The average molecular weight is 228 g/mol. The number of halogens is 1. The van der Waals surface area contributed by atoms with E-state index in [9.17, 15) is 4.79 Å². The van der Waals surface area contributed by atoms with E-state index >= 15 is 0 Å². The summed E-state index contributed by atoms with van der Waals surface area (Å²) in [6.07, 6.45) is 0. The summed E-state index contributed by atoms with van der Waals surface area (Å²) >= 11 is 5.76. The molecule has 0 aromatic heterocycles. The fourth-order valence-electron chi connectivity index (χ4n) is 1.52. The van der Waals surface area contributed by atoms with E-state index in [1.165, 1.54) is 0 Å². The second-order valence-electron chi connectivity index (χ2n) is 3.44. The highest BCUT2D eigenvalue weighted by atomic mass is 35.5. The van der Waals surface area contributed by atoms with Crippen molar-refractivity contribution in [2.24, 2.45) is 5.92 Å². The third kappa shape index (κ3) is 2.94. The van der Waals surface area contributed by atoms with Gasteiger partial charge in [0.2, 0.25) is 0 Å². The summed E-state index contributed by atoms with van der Waals surface area (Å²) in [5.74, 6) is -1.29. The first-order chi connectivity index (χ1) is 7.06. The van der Waals surface area contributed by atoms with Crippen molar-refractivity contribution < 1.29 is 9.90 Å². The molecule has 0 bridgehead atoms. The first-order valence-electron chi connectivity index (χ1n) is 4.71. The summed E-state index contributed by atoms with van der Waals surface area (Å²) in [6.45, 7) is 1.68. The molecule has 0 spiro atoms. The quantitative estimate of drug-likeness (QED) is 0.830. The Balaban J connectivity index is 2.92. The van der Waals surface area contributed by atoms with Crippen LogP contribution in [0, 0.1) is 5.92 Å². The van der Waals surface area contributed by atoms with E-state index in [0.29, 0.717) is 5.02 Å². The topological polar surface area (TPSA) is 49.3 Å². The molecule has 0 aliphatic heterocycles. The Labute approximate surface area is 94.1 Å². The molecular formula is C11H14ClNO2. The molecule has 0 saturated heterocycles. The summed E-state index contributed by atoms with van der Waals surface area (Å²) in [5, 5.41) is 12.6. The van der Waals surface area contributed by atoms with Gasteiger partial charge in [0.05, 0.1) is 5.92 Å². The number of hydrogen-bond donors (Lipinski definition) is 2. The fourth-order valence-corrected chi connectivity index (χ4v) is 1.64. The Hall–Kier alpha value is -1.06. The highest BCUT2D eigenvalue weighted by Crippen LogP contribution is 2.23. The molecule has 2 N–H and O–H groups in total. The largest absolute Gasteiger partial charge is 0.481 e.